The van der Waals surface area contributed by atoms with Gasteiger partial charge in [-0.1, -0.05) is 0 Å². The first-order chi connectivity index (χ1) is 9.52. The maximum Gasteiger partial charge on any atom is 0.338 e. The summed E-state index contributed by atoms with van der Waals surface area (Å²) in [6.07, 6.45) is 1.65. The van der Waals surface area contributed by atoms with Gasteiger partial charge in [-0.15, -0.1) is 0 Å². The highest BCUT2D eigenvalue weighted by Gasteiger charge is 2.48. The number of hydrogen-bond acceptors (Lipinski definition) is 4. The Morgan fingerprint density at radius 3 is 2.65 bits per heavy atom. The number of halogens is 1. The number of hydrogen-bond donors (Lipinski definition) is 2. The molecule has 0 bridgehead atoms. The minimum atomic E-state index is -0.404. The molecular formula is C14H17BrN2O3. The number of nitrogens with one attached hydrogen (secondary N) is 1. The molecule has 6 heteroatoms. The fourth-order valence-electron chi connectivity index (χ4n) is 1.89. The molecule has 1 fully saturated rings. The van der Waals surface area contributed by atoms with E-state index in [0.29, 0.717) is 28.9 Å². The normalized spacial score (nSPS) is 15.6. The highest BCUT2D eigenvalue weighted by atomic mass is 79.9. The molecule has 5 nitrogen and oxygen atoms in total. The largest absolute Gasteiger partial charge is 0.462 e. The first-order valence-corrected chi connectivity index (χ1v) is 7.30. The Balaban J connectivity index is 2.10. The van der Waals surface area contributed by atoms with Gasteiger partial charge in [0.25, 0.3) is 0 Å². The number of amides is 1. The van der Waals surface area contributed by atoms with Crippen molar-refractivity contribution in [2.45, 2.75) is 19.8 Å². The van der Waals surface area contributed by atoms with Gasteiger partial charge in [0.1, 0.15) is 0 Å². The van der Waals surface area contributed by atoms with E-state index in [1.807, 2.05) is 0 Å². The second kappa shape index (κ2) is 5.93. The second-order valence-corrected chi connectivity index (χ2v) is 5.71. The van der Waals surface area contributed by atoms with Crippen LogP contribution in [0.3, 0.4) is 0 Å². The van der Waals surface area contributed by atoms with Gasteiger partial charge >= 0.3 is 5.97 Å². The number of nitrogens with two attached hydrogens (primary N) is 1. The van der Waals surface area contributed by atoms with Crippen molar-refractivity contribution < 1.29 is 14.3 Å². The maximum absolute atomic E-state index is 12.1. The van der Waals surface area contributed by atoms with Crippen molar-refractivity contribution in [1.82, 2.24) is 0 Å². The molecule has 0 spiro atoms. The van der Waals surface area contributed by atoms with Crippen LogP contribution in [0.1, 0.15) is 30.1 Å². The van der Waals surface area contributed by atoms with Gasteiger partial charge in [0, 0.05) is 11.0 Å². The van der Waals surface area contributed by atoms with E-state index in [1.165, 1.54) is 0 Å². The van der Waals surface area contributed by atoms with Crippen molar-refractivity contribution in [1.29, 1.82) is 0 Å². The molecular weight excluding hydrogens is 324 g/mol. The summed E-state index contributed by atoms with van der Waals surface area (Å²) in [6.45, 7) is 2.44. The molecule has 1 amide bonds. The third-order valence-electron chi connectivity index (χ3n) is 3.45. The van der Waals surface area contributed by atoms with Crippen LogP contribution in [0.2, 0.25) is 0 Å². The van der Waals surface area contributed by atoms with Crippen LogP contribution in [0.5, 0.6) is 0 Å². The molecule has 1 aromatic rings. The van der Waals surface area contributed by atoms with Crippen LogP contribution in [0.4, 0.5) is 5.69 Å². The number of anilines is 1. The van der Waals surface area contributed by atoms with Crippen molar-refractivity contribution in [3.8, 4) is 0 Å². The van der Waals surface area contributed by atoms with Crippen molar-refractivity contribution >= 4 is 33.5 Å². The predicted octanol–water partition coefficient (Wildman–Crippen LogP) is 2.30. The number of esters is 1. The summed E-state index contributed by atoms with van der Waals surface area (Å²) < 4.78 is 5.56. The van der Waals surface area contributed by atoms with E-state index in [1.54, 1.807) is 25.1 Å². The molecule has 0 saturated heterocycles. The summed E-state index contributed by atoms with van der Waals surface area (Å²) in [5.74, 6) is -0.448. The molecule has 0 atom stereocenters. The van der Waals surface area contributed by atoms with E-state index in [0.717, 1.165) is 12.8 Å². The minimum absolute atomic E-state index is 0.0652. The van der Waals surface area contributed by atoms with Crippen LogP contribution in [0, 0.1) is 5.41 Å². The second-order valence-electron chi connectivity index (χ2n) is 4.85. The topological polar surface area (TPSA) is 81.4 Å². The Kier molecular flexibility index (Phi) is 4.45. The van der Waals surface area contributed by atoms with E-state index < -0.39 is 5.41 Å². The Morgan fingerprint density at radius 2 is 2.15 bits per heavy atom. The lowest BCUT2D eigenvalue weighted by atomic mass is 10.1. The zero-order valence-corrected chi connectivity index (χ0v) is 12.8. The summed E-state index contributed by atoms with van der Waals surface area (Å²) in [5.41, 5.74) is 6.29. The number of carbonyl (C=O) groups is 2. The quantitative estimate of drug-likeness (QED) is 0.806. The lowest BCUT2D eigenvalue weighted by Gasteiger charge is -2.14. The molecule has 1 saturated carbocycles. The van der Waals surface area contributed by atoms with Gasteiger partial charge in [-0.25, -0.2) is 4.79 Å². The average Bonchev–Trinajstić information content (AvgIpc) is 3.22. The number of carbonyl (C=O) groups excluding carboxylic acids is 2. The van der Waals surface area contributed by atoms with Crippen molar-refractivity contribution in [2.24, 2.45) is 11.1 Å². The zero-order valence-electron chi connectivity index (χ0n) is 11.2. The summed E-state index contributed by atoms with van der Waals surface area (Å²) in [6, 6.07) is 4.94. The molecule has 1 aliphatic rings. The van der Waals surface area contributed by atoms with Crippen molar-refractivity contribution in [2.75, 3.05) is 18.5 Å². The zero-order chi connectivity index (χ0) is 14.8. The van der Waals surface area contributed by atoms with Gasteiger partial charge in [-0.05, 0) is 53.9 Å². The first kappa shape index (κ1) is 15.0. The maximum atomic E-state index is 12.1. The smallest absolute Gasteiger partial charge is 0.338 e. The average molecular weight is 341 g/mol. The van der Waals surface area contributed by atoms with Gasteiger partial charge in [-0.3, -0.25) is 4.79 Å². The molecule has 20 heavy (non-hydrogen) atoms. The predicted molar refractivity (Wildman–Crippen MR) is 79.4 cm³/mol. The molecule has 0 aromatic heterocycles. The first-order valence-electron chi connectivity index (χ1n) is 6.50. The van der Waals surface area contributed by atoms with E-state index in [-0.39, 0.29) is 11.9 Å². The Morgan fingerprint density at radius 1 is 1.45 bits per heavy atom. The Hall–Kier alpha value is -1.40. The highest BCUT2D eigenvalue weighted by molar-refractivity contribution is 9.10. The summed E-state index contributed by atoms with van der Waals surface area (Å²) in [4.78, 5) is 23.7. The fourth-order valence-corrected chi connectivity index (χ4v) is 2.37. The van der Waals surface area contributed by atoms with Crippen LogP contribution in [0.15, 0.2) is 22.7 Å². The van der Waals surface area contributed by atoms with Crippen LogP contribution >= 0.6 is 15.9 Å². The summed E-state index contributed by atoms with van der Waals surface area (Å²) in [7, 11) is 0. The van der Waals surface area contributed by atoms with Crippen molar-refractivity contribution in [3.05, 3.63) is 28.2 Å². The summed E-state index contributed by atoms with van der Waals surface area (Å²) >= 11 is 3.35. The molecule has 2 rings (SSSR count). The monoisotopic (exact) mass is 340 g/mol. The lowest BCUT2D eigenvalue weighted by Crippen LogP contribution is -2.30. The van der Waals surface area contributed by atoms with Crippen LogP contribution in [-0.4, -0.2) is 25.0 Å². The van der Waals surface area contributed by atoms with Crippen molar-refractivity contribution in [3.63, 3.8) is 0 Å². The van der Waals surface area contributed by atoms with Crippen LogP contribution in [0.25, 0.3) is 0 Å². The Labute approximate surface area is 126 Å². The number of rotatable bonds is 5. The van der Waals surface area contributed by atoms with Crippen LogP contribution in [-0.2, 0) is 9.53 Å². The minimum Gasteiger partial charge on any atom is -0.462 e. The fraction of sp³-hybridized carbons (Fsp3) is 0.429. The third-order valence-corrected chi connectivity index (χ3v) is 4.11. The SMILES string of the molecule is CCOC(=O)c1ccc(NC(=O)C2(CN)CC2)c(Br)c1. The van der Waals surface area contributed by atoms with Gasteiger partial charge in [0.2, 0.25) is 5.91 Å². The summed E-state index contributed by atoms with van der Waals surface area (Å²) in [5, 5.41) is 2.84. The molecule has 1 aromatic carbocycles. The van der Waals surface area contributed by atoms with Gasteiger partial charge in [0.05, 0.1) is 23.3 Å². The molecule has 0 unspecified atom stereocenters. The number of benzene rings is 1. The molecule has 0 aliphatic heterocycles. The molecule has 0 heterocycles. The van der Waals surface area contributed by atoms with E-state index >= 15 is 0 Å². The lowest BCUT2D eigenvalue weighted by molar-refractivity contribution is -0.120. The third kappa shape index (κ3) is 3.02. The van der Waals surface area contributed by atoms with Gasteiger partial charge in [0.15, 0.2) is 0 Å². The Bertz CT molecular complexity index is 541. The van der Waals surface area contributed by atoms with E-state index in [4.69, 9.17) is 10.5 Å². The van der Waals surface area contributed by atoms with Gasteiger partial charge in [-0.2, -0.15) is 0 Å². The van der Waals surface area contributed by atoms with E-state index in [2.05, 4.69) is 21.2 Å². The number of ether oxygens (including phenoxy) is 1. The highest BCUT2D eigenvalue weighted by Crippen LogP contribution is 2.45. The standard InChI is InChI=1S/C14H17BrN2O3/c1-2-20-12(18)9-3-4-11(10(15)7-9)17-13(19)14(8-16)5-6-14/h3-4,7H,2,5-6,8,16H2,1H3,(H,17,19). The van der Waals surface area contributed by atoms with E-state index in [9.17, 15) is 9.59 Å². The molecule has 3 N–H and O–H groups in total. The molecule has 0 radical (unpaired) electrons. The molecule has 108 valence electrons. The van der Waals surface area contributed by atoms with Gasteiger partial charge < -0.3 is 15.8 Å². The van der Waals surface area contributed by atoms with Crippen LogP contribution < -0.4 is 11.1 Å². The molecule has 1 aliphatic carbocycles.